The largest absolute Gasteiger partial charge is 0.379 e. The molecule has 134 valence electrons. The van der Waals surface area contributed by atoms with Crippen LogP contribution in [0.3, 0.4) is 0 Å². The van der Waals surface area contributed by atoms with Gasteiger partial charge < -0.3 is 15.0 Å². The molecule has 1 saturated heterocycles. The molecule has 4 rings (SSSR count). The molecular weight excluding hydrogens is 326 g/mol. The highest BCUT2D eigenvalue weighted by Gasteiger charge is 2.42. The number of nitrogens with one attached hydrogen (secondary N) is 1. The van der Waals surface area contributed by atoms with Crippen LogP contribution in [-0.4, -0.2) is 42.3 Å². The summed E-state index contributed by atoms with van der Waals surface area (Å²) in [5, 5.41) is 12.7. The van der Waals surface area contributed by atoms with Crippen LogP contribution in [0.4, 0.5) is 11.6 Å². The zero-order chi connectivity index (χ0) is 17.9. The number of hydrogen-bond acceptors (Lipinski definition) is 6. The molecule has 1 aliphatic heterocycles. The predicted octanol–water partition coefficient (Wildman–Crippen LogP) is 2.69. The molecule has 2 aliphatic rings. The summed E-state index contributed by atoms with van der Waals surface area (Å²) in [6, 6.07) is 12.0. The van der Waals surface area contributed by atoms with Gasteiger partial charge in [0.05, 0.1) is 23.8 Å². The summed E-state index contributed by atoms with van der Waals surface area (Å²) in [4.78, 5) is 11.2. The van der Waals surface area contributed by atoms with E-state index in [2.05, 4.69) is 26.3 Å². The molecule has 1 saturated carbocycles. The van der Waals surface area contributed by atoms with E-state index in [1.807, 2.05) is 24.3 Å². The SMILES string of the molecule is CO[C@@H]1C[C@H]2CN(c3cc(C#N)ccn3)C[C@H]2C[C@H]1Nc1ccccn1. The molecule has 0 spiro atoms. The molecule has 0 radical (unpaired) electrons. The Labute approximate surface area is 153 Å². The number of methoxy groups -OCH3 is 1. The fourth-order valence-corrected chi connectivity index (χ4v) is 4.31. The van der Waals surface area contributed by atoms with Gasteiger partial charge in [-0.2, -0.15) is 5.26 Å². The minimum Gasteiger partial charge on any atom is -0.379 e. The second-order valence-electron chi connectivity index (χ2n) is 7.15. The number of ether oxygens (including phenoxy) is 1. The number of hydrogen-bond donors (Lipinski definition) is 1. The van der Waals surface area contributed by atoms with Crippen LogP contribution in [0.15, 0.2) is 42.7 Å². The van der Waals surface area contributed by atoms with Gasteiger partial charge in [0, 0.05) is 32.6 Å². The average Bonchev–Trinajstić information content (AvgIpc) is 3.11. The Morgan fingerprint density at radius 1 is 1.15 bits per heavy atom. The molecule has 1 aliphatic carbocycles. The number of nitrogens with zero attached hydrogens (tertiary/aromatic N) is 4. The quantitative estimate of drug-likeness (QED) is 0.915. The van der Waals surface area contributed by atoms with Gasteiger partial charge in [-0.1, -0.05) is 6.07 Å². The van der Waals surface area contributed by atoms with E-state index in [4.69, 9.17) is 10.00 Å². The predicted molar refractivity (Wildman–Crippen MR) is 99.8 cm³/mol. The highest BCUT2D eigenvalue weighted by molar-refractivity contribution is 5.46. The maximum Gasteiger partial charge on any atom is 0.129 e. The molecule has 26 heavy (non-hydrogen) atoms. The van der Waals surface area contributed by atoms with Crippen molar-refractivity contribution >= 4 is 11.6 Å². The number of nitriles is 1. The van der Waals surface area contributed by atoms with E-state index in [1.165, 1.54) is 0 Å². The standard InChI is InChI=1S/C20H23N5O/c1-26-18-10-16-13-25(20-8-14(11-21)5-7-23-20)12-15(16)9-17(18)24-19-4-2-3-6-22-19/h2-8,15-18H,9-10,12-13H2,1H3,(H,22,24)/t15-,16+,17-,18-/m1/s1. The van der Waals surface area contributed by atoms with E-state index in [9.17, 15) is 0 Å². The maximum absolute atomic E-state index is 9.13. The van der Waals surface area contributed by atoms with Crippen LogP contribution in [-0.2, 0) is 4.74 Å². The number of rotatable bonds is 4. The fourth-order valence-electron chi connectivity index (χ4n) is 4.31. The molecule has 0 amide bonds. The van der Waals surface area contributed by atoms with Gasteiger partial charge in [-0.3, -0.25) is 0 Å². The van der Waals surface area contributed by atoms with E-state index >= 15 is 0 Å². The van der Waals surface area contributed by atoms with Gasteiger partial charge in [0.2, 0.25) is 0 Å². The number of fused-ring (bicyclic) bond motifs is 1. The lowest BCUT2D eigenvalue weighted by Crippen LogP contribution is -2.44. The lowest BCUT2D eigenvalue weighted by atomic mass is 9.77. The van der Waals surface area contributed by atoms with Crippen molar-refractivity contribution in [1.82, 2.24) is 9.97 Å². The second-order valence-corrected chi connectivity index (χ2v) is 7.15. The van der Waals surface area contributed by atoms with Crippen LogP contribution >= 0.6 is 0 Å². The Morgan fingerprint density at radius 2 is 2.00 bits per heavy atom. The average molecular weight is 349 g/mol. The fraction of sp³-hybridized carbons (Fsp3) is 0.450. The van der Waals surface area contributed by atoms with Crippen molar-refractivity contribution in [2.75, 3.05) is 30.4 Å². The molecule has 3 heterocycles. The molecule has 2 aromatic heterocycles. The third-order valence-electron chi connectivity index (χ3n) is 5.62. The van der Waals surface area contributed by atoms with E-state index in [-0.39, 0.29) is 12.1 Å². The number of pyridine rings is 2. The van der Waals surface area contributed by atoms with Gasteiger partial charge in [-0.15, -0.1) is 0 Å². The van der Waals surface area contributed by atoms with Crippen molar-refractivity contribution < 1.29 is 4.74 Å². The summed E-state index contributed by atoms with van der Waals surface area (Å²) >= 11 is 0. The minimum atomic E-state index is 0.177. The van der Waals surface area contributed by atoms with Crippen molar-refractivity contribution in [3.63, 3.8) is 0 Å². The minimum absolute atomic E-state index is 0.177. The Bertz CT molecular complexity index is 790. The molecule has 6 nitrogen and oxygen atoms in total. The first-order chi connectivity index (χ1) is 12.8. The van der Waals surface area contributed by atoms with Gasteiger partial charge in [-0.25, -0.2) is 9.97 Å². The van der Waals surface area contributed by atoms with Gasteiger partial charge in [0.1, 0.15) is 11.6 Å². The maximum atomic E-state index is 9.13. The summed E-state index contributed by atoms with van der Waals surface area (Å²) in [6.45, 7) is 1.95. The summed E-state index contributed by atoms with van der Waals surface area (Å²) in [5.41, 5.74) is 0.661. The van der Waals surface area contributed by atoms with Crippen molar-refractivity contribution in [2.24, 2.45) is 11.8 Å². The van der Waals surface area contributed by atoms with Gasteiger partial charge in [0.15, 0.2) is 0 Å². The molecule has 0 bridgehead atoms. The van der Waals surface area contributed by atoms with Crippen LogP contribution < -0.4 is 10.2 Å². The third kappa shape index (κ3) is 3.35. The Hall–Kier alpha value is -2.65. The second kappa shape index (κ2) is 7.30. The van der Waals surface area contributed by atoms with Gasteiger partial charge >= 0.3 is 0 Å². The summed E-state index contributed by atoms with van der Waals surface area (Å²) in [7, 11) is 1.79. The van der Waals surface area contributed by atoms with Crippen molar-refractivity contribution in [2.45, 2.75) is 25.0 Å². The van der Waals surface area contributed by atoms with Crippen LogP contribution in [0.1, 0.15) is 18.4 Å². The smallest absolute Gasteiger partial charge is 0.129 e. The summed E-state index contributed by atoms with van der Waals surface area (Å²) in [6.07, 6.45) is 5.78. The monoisotopic (exact) mass is 349 g/mol. The third-order valence-corrected chi connectivity index (χ3v) is 5.62. The van der Waals surface area contributed by atoms with E-state index in [0.717, 1.165) is 37.6 Å². The molecule has 0 unspecified atom stereocenters. The zero-order valence-electron chi connectivity index (χ0n) is 14.9. The Morgan fingerprint density at radius 3 is 2.73 bits per heavy atom. The lowest BCUT2D eigenvalue weighted by Gasteiger charge is -2.37. The summed E-state index contributed by atoms with van der Waals surface area (Å²) in [5.74, 6) is 2.99. The van der Waals surface area contributed by atoms with Crippen molar-refractivity contribution in [1.29, 1.82) is 5.26 Å². The van der Waals surface area contributed by atoms with E-state index < -0.39 is 0 Å². The normalized spacial score (nSPS) is 27.6. The molecule has 6 heteroatoms. The molecule has 2 aromatic rings. The zero-order valence-corrected chi connectivity index (χ0v) is 14.9. The van der Waals surface area contributed by atoms with Crippen LogP contribution in [0.5, 0.6) is 0 Å². The van der Waals surface area contributed by atoms with Crippen LogP contribution in [0.25, 0.3) is 0 Å². The van der Waals surface area contributed by atoms with E-state index in [1.54, 1.807) is 25.6 Å². The Kier molecular flexibility index (Phi) is 4.72. The lowest BCUT2D eigenvalue weighted by molar-refractivity contribution is 0.0305. The molecule has 4 atom stereocenters. The number of anilines is 2. The molecule has 2 fully saturated rings. The molecular formula is C20H23N5O. The highest BCUT2D eigenvalue weighted by Crippen LogP contribution is 2.39. The topological polar surface area (TPSA) is 74.1 Å². The Balaban J connectivity index is 1.48. The first-order valence-corrected chi connectivity index (χ1v) is 9.08. The molecule has 0 aromatic carbocycles. The highest BCUT2D eigenvalue weighted by atomic mass is 16.5. The first-order valence-electron chi connectivity index (χ1n) is 9.08. The van der Waals surface area contributed by atoms with Crippen molar-refractivity contribution in [3.8, 4) is 6.07 Å². The number of aromatic nitrogens is 2. The van der Waals surface area contributed by atoms with Gasteiger partial charge in [-0.05, 0) is 48.9 Å². The van der Waals surface area contributed by atoms with E-state index in [0.29, 0.717) is 17.4 Å². The molecule has 1 N–H and O–H groups in total. The van der Waals surface area contributed by atoms with Crippen LogP contribution in [0.2, 0.25) is 0 Å². The van der Waals surface area contributed by atoms with Crippen molar-refractivity contribution in [3.05, 3.63) is 48.3 Å². The van der Waals surface area contributed by atoms with Crippen LogP contribution in [0, 0.1) is 23.2 Å². The first kappa shape index (κ1) is 16.8. The summed E-state index contributed by atoms with van der Waals surface area (Å²) < 4.78 is 5.79. The van der Waals surface area contributed by atoms with Gasteiger partial charge in [0.25, 0.3) is 0 Å².